The summed E-state index contributed by atoms with van der Waals surface area (Å²) in [6.07, 6.45) is 0.397. The van der Waals surface area contributed by atoms with Crippen molar-refractivity contribution >= 4 is 11.6 Å². The Hall–Kier alpha value is -2.37. The SMILES string of the molecule is O=C1Cc2cc(O)ccc2N1CCN1CCN(Cc2ccccc2)CC1. The van der Waals surface area contributed by atoms with E-state index in [1.165, 1.54) is 5.56 Å². The average Bonchev–Trinajstić information content (AvgIpc) is 2.96. The maximum atomic E-state index is 12.3. The van der Waals surface area contributed by atoms with Crippen molar-refractivity contribution in [2.75, 3.05) is 44.2 Å². The summed E-state index contributed by atoms with van der Waals surface area (Å²) in [5, 5.41) is 9.59. The van der Waals surface area contributed by atoms with Crippen LogP contribution in [0.3, 0.4) is 0 Å². The lowest BCUT2D eigenvalue weighted by atomic mass is 10.1. The largest absolute Gasteiger partial charge is 0.508 e. The van der Waals surface area contributed by atoms with Crippen molar-refractivity contribution < 1.29 is 9.90 Å². The molecular weight excluding hydrogens is 326 g/mol. The maximum Gasteiger partial charge on any atom is 0.231 e. The zero-order chi connectivity index (χ0) is 17.9. The van der Waals surface area contributed by atoms with E-state index < -0.39 is 0 Å². The average molecular weight is 351 g/mol. The Kier molecular flexibility index (Phi) is 4.91. The van der Waals surface area contributed by atoms with Crippen LogP contribution >= 0.6 is 0 Å². The molecule has 2 aliphatic rings. The van der Waals surface area contributed by atoms with Gasteiger partial charge in [0, 0.05) is 51.5 Å². The van der Waals surface area contributed by atoms with Gasteiger partial charge in [0.25, 0.3) is 0 Å². The number of fused-ring (bicyclic) bond motifs is 1. The summed E-state index contributed by atoms with van der Waals surface area (Å²) in [4.78, 5) is 19.1. The van der Waals surface area contributed by atoms with Crippen LogP contribution in [0.4, 0.5) is 5.69 Å². The number of anilines is 1. The highest BCUT2D eigenvalue weighted by atomic mass is 16.3. The molecule has 2 aliphatic heterocycles. The van der Waals surface area contributed by atoms with Crippen molar-refractivity contribution in [1.82, 2.24) is 9.80 Å². The zero-order valence-electron chi connectivity index (χ0n) is 15.0. The molecule has 0 saturated carbocycles. The smallest absolute Gasteiger partial charge is 0.231 e. The summed E-state index contributed by atoms with van der Waals surface area (Å²) in [5.41, 5.74) is 3.25. The van der Waals surface area contributed by atoms with E-state index >= 15 is 0 Å². The lowest BCUT2D eigenvalue weighted by molar-refractivity contribution is -0.117. The third-order valence-corrected chi connectivity index (χ3v) is 5.35. The van der Waals surface area contributed by atoms with Gasteiger partial charge in [-0.25, -0.2) is 0 Å². The van der Waals surface area contributed by atoms with E-state index in [0.29, 0.717) is 6.42 Å². The van der Waals surface area contributed by atoms with Crippen LogP contribution in [0.25, 0.3) is 0 Å². The molecule has 136 valence electrons. The standard InChI is InChI=1S/C21H25N3O2/c25-19-6-7-20-18(14-19)15-21(26)24(20)13-12-22-8-10-23(11-9-22)16-17-4-2-1-3-5-17/h1-7,14,25H,8-13,15-16H2. The summed E-state index contributed by atoms with van der Waals surface area (Å²) in [6, 6.07) is 15.8. The van der Waals surface area contributed by atoms with Gasteiger partial charge in [-0.15, -0.1) is 0 Å². The molecule has 5 nitrogen and oxygen atoms in total. The number of phenolic OH excluding ortho intramolecular Hbond substituents is 1. The van der Waals surface area contributed by atoms with E-state index in [-0.39, 0.29) is 11.7 Å². The fourth-order valence-electron chi connectivity index (χ4n) is 3.87. The number of benzene rings is 2. The Balaban J connectivity index is 1.27. The minimum Gasteiger partial charge on any atom is -0.508 e. The molecule has 2 heterocycles. The van der Waals surface area contributed by atoms with Gasteiger partial charge >= 0.3 is 0 Å². The summed E-state index contributed by atoms with van der Waals surface area (Å²) >= 11 is 0. The number of carbonyl (C=O) groups excluding carboxylic acids is 1. The van der Waals surface area contributed by atoms with Crippen LogP contribution in [0.5, 0.6) is 5.75 Å². The Labute approximate surface area is 154 Å². The molecule has 0 spiro atoms. The highest BCUT2D eigenvalue weighted by molar-refractivity contribution is 6.01. The van der Waals surface area contributed by atoms with Gasteiger partial charge in [-0.1, -0.05) is 30.3 Å². The minimum absolute atomic E-state index is 0.133. The van der Waals surface area contributed by atoms with E-state index in [0.717, 1.165) is 57.1 Å². The Morgan fingerprint density at radius 3 is 2.38 bits per heavy atom. The maximum absolute atomic E-state index is 12.3. The highest BCUT2D eigenvalue weighted by Crippen LogP contribution is 2.31. The first-order valence-corrected chi connectivity index (χ1v) is 9.30. The summed E-state index contributed by atoms with van der Waals surface area (Å²) < 4.78 is 0. The van der Waals surface area contributed by atoms with Crippen molar-refractivity contribution in [2.45, 2.75) is 13.0 Å². The van der Waals surface area contributed by atoms with Crippen LogP contribution in [-0.4, -0.2) is 60.1 Å². The summed E-state index contributed by atoms with van der Waals surface area (Å²) in [6.45, 7) is 6.83. The van der Waals surface area contributed by atoms with Gasteiger partial charge in [-0.2, -0.15) is 0 Å². The van der Waals surface area contributed by atoms with Gasteiger partial charge in [0.15, 0.2) is 0 Å². The molecule has 1 saturated heterocycles. The molecule has 2 aromatic carbocycles. The van der Waals surface area contributed by atoms with Crippen LogP contribution < -0.4 is 4.90 Å². The number of phenols is 1. The van der Waals surface area contributed by atoms with Crippen LogP contribution in [0.1, 0.15) is 11.1 Å². The number of aromatic hydroxyl groups is 1. The van der Waals surface area contributed by atoms with Crippen LogP contribution in [-0.2, 0) is 17.8 Å². The number of hydrogen-bond acceptors (Lipinski definition) is 4. The number of amides is 1. The fraction of sp³-hybridized carbons (Fsp3) is 0.381. The van der Waals surface area contributed by atoms with Gasteiger partial charge in [-0.3, -0.25) is 14.6 Å². The van der Waals surface area contributed by atoms with Gasteiger partial charge in [0.1, 0.15) is 5.75 Å². The molecule has 1 amide bonds. The zero-order valence-corrected chi connectivity index (χ0v) is 15.0. The van der Waals surface area contributed by atoms with Crippen molar-refractivity contribution in [3.05, 3.63) is 59.7 Å². The first kappa shape index (κ1) is 17.1. The molecule has 0 unspecified atom stereocenters. The van der Waals surface area contributed by atoms with E-state index in [1.54, 1.807) is 12.1 Å². The second kappa shape index (κ2) is 7.48. The molecule has 4 rings (SSSR count). The first-order chi connectivity index (χ1) is 12.7. The summed E-state index contributed by atoms with van der Waals surface area (Å²) in [5.74, 6) is 0.362. The molecule has 2 aromatic rings. The molecule has 0 aromatic heterocycles. The predicted octanol–water partition coefficient (Wildman–Crippen LogP) is 2.10. The predicted molar refractivity (Wildman–Crippen MR) is 102 cm³/mol. The monoisotopic (exact) mass is 351 g/mol. The topological polar surface area (TPSA) is 47.0 Å². The van der Waals surface area contributed by atoms with Gasteiger partial charge < -0.3 is 10.0 Å². The van der Waals surface area contributed by atoms with Crippen LogP contribution in [0, 0.1) is 0 Å². The molecule has 26 heavy (non-hydrogen) atoms. The molecule has 0 atom stereocenters. The molecule has 5 heteroatoms. The fourth-order valence-corrected chi connectivity index (χ4v) is 3.87. The van der Waals surface area contributed by atoms with Gasteiger partial charge in [0.2, 0.25) is 5.91 Å². The Morgan fingerprint density at radius 2 is 1.62 bits per heavy atom. The third kappa shape index (κ3) is 3.74. The first-order valence-electron chi connectivity index (χ1n) is 9.30. The highest BCUT2D eigenvalue weighted by Gasteiger charge is 2.28. The number of hydrogen-bond donors (Lipinski definition) is 1. The van der Waals surface area contributed by atoms with Gasteiger partial charge in [-0.05, 0) is 29.3 Å². The van der Waals surface area contributed by atoms with Crippen molar-refractivity contribution in [3.63, 3.8) is 0 Å². The van der Waals surface area contributed by atoms with E-state index in [2.05, 4.69) is 40.1 Å². The molecule has 0 bridgehead atoms. The lowest BCUT2D eigenvalue weighted by Crippen LogP contribution is -2.48. The Morgan fingerprint density at radius 1 is 0.885 bits per heavy atom. The van der Waals surface area contributed by atoms with Gasteiger partial charge in [0.05, 0.1) is 6.42 Å². The van der Waals surface area contributed by atoms with E-state index in [4.69, 9.17) is 0 Å². The molecule has 0 aliphatic carbocycles. The van der Waals surface area contributed by atoms with E-state index in [1.807, 2.05) is 11.0 Å². The van der Waals surface area contributed by atoms with Crippen LogP contribution in [0.2, 0.25) is 0 Å². The third-order valence-electron chi connectivity index (χ3n) is 5.35. The number of piperazine rings is 1. The van der Waals surface area contributed by atoms with E-state index in [9.17, 15) is 9.90 Å². The Bertz CT molecular complexity index is 770. The van der Waals surface area contributed by atoms with Crippen molar-refractivity contribution in [2.24, 2.45) is 0 Å². The normalized spacial score (nSPS) is 18.3. The minimum atomic E-state index is 0.133. The molecule has 1 N–H and O–H groups in total. The quantitative estimate of drug-likeness (QED) is 0.896. The molecule has 1 fully saturated rings. The lowest BCUT2D eigenvalue weighted by Gasteiger charge is -2.35. The summed E-state index contributed by atoms with van der Waals surface area (Å²) in [7, 11) is 0. The second-order valence-corrected chi connectivity index (χ2v) is 7.14. The second-order valence-electron chi connectivity index (χ2n) is 7.14. The number of rotatable bonds is 5. The van der Waals surface area contributed by atoms with Crippen molar-refractivity contribution in [1.29, 1.82) is 0 Å². The molecule has 0 radical (unpaired) electrons. The van der Waals surface area contributed by atoms with Crippen molar-refractivity contribution in [3.8, 4) is 5.75 Å². The number of nitrogens with zero attached hydrogens (tertiary/aromatic N) is 3. The number of carbonyl (C=O) groups is 1. The van der Waals surface area contributed by atoms with Crippen LogP contribution in [0.15, 0.2) is 48.5 Å². The molecular formula is C21H25N3O2.